The highest BCUT2D eigenvalue weighted by molar-refractivity contribution is 5.93. The minimum atomic E-state index is -1.11. The molecule has 1 aliphatic carbocycles. The average molecular weight is 505 g/mol. The van der Waals surface area contributed by atoms with Gasteiger partial charge in [0.15, 0.2) is 0 Å². The van der Waals surface area contributed by atoms with E-state index in [1.807, 2.05) is 6.92 Å². The van der Waals surface area contributed by atoms with Crippen molar-refractivity contribution in [2.45, 2.75) is 96.9 Å². The van der Waals surface area contributed by atoms with E-state index < -0.39 is 35.6 Å². The number of aryl methyl sites for hydroxylation is 1. The normalized spacial score (nSPS) is 14.9. The Labute approximate surface area is 212 Å². The number of nitrogens with two attached hydrogens (primary N) is 1. The number of alkyl carbamates (subject to hydrolysis) is 1. The molecule has 1 saturated carbocycles. The van der Waals surface area contributed by atoms with E-state index in [2.05, 4.69) is 10.6 Å². The number of ether oxygens (including phenoxy) is 1. The van der Waals surface area contributed by atoms with Crippen LogP contribution in [0.2, 0.25) is 0 Å². The van der Waals surface area contributed by atoms with E-state index in [-0.39, 0.29) is 30.5 Å². The molecule has 5 N–H and O–H groups in total. The Morgan fingerprint density at radius 3 is 2.42 bits per heavy atom. The van der Waals surface area contributed by atoms with Gasteiger partial charge in [0.1, 0.15) is 23.4 Å². The van der Waals surface area contributed by atoms with Crippen LogP contribution in [0.4, 0.5) is 4.79 Å². The Bertz CT molecular complexity index is 954. The maximum absolute atomic E-state index is 13.9. The fraction of sp³-hybridized carbons (Fsp3) is 0.615. The Kier molecular flexibility index (Phi) is 10.1. The van der Waals surface area contributed by atoms with Crippen molar-refractivity contribution in [3.8, 4) is 5.75 Å². The van der Waals surface area contributed by atoms with Crippen molar-refractivity contribution >= 4 is 23.8 Å². The smallest absolute Gasteiger partial charge is 0.408 e. The molecule has 0 aliphatic heterocycles. The van der Waals surface area contributed by atoms with Crippen LogP contribution in [0.25, 0.3) is 0 Å². The highest BCUT2D eigenvalue weighted by Crippen LogP contribution is 2.37. The number of carbonyl (C=O) groups is 4. The lowest BCUT2D eigenvalue weighted by molar-refractivity contribution is -0.143. The van der Waals surface area contributed by atoms with Gasteiger partial charge in [-0.2, -0.15) is 0 Å². The molecule has 36 heavy (non-hydrogen) atoms. The van der Waals surface area contributed by atoms with Gasteiger partial charge in [0.05, 0.1) is 0 Å². The maximum Gasteiger partial charge on any atom is 0.408 e. The third kappa shape index (κ3) is 8.73. The van der Waals surface area contributed by atoms with Crippen molar-refractivity contribution in [3.63, 3.8) is 0 Å². The lowest BCUT2D eigenvalue weighted by Crippen LogP contribution is -2.54. The number of phenols is 1. The second-order valence-corrected chi connectivity index (χ2v) is 10.3. The standard InChI is InChI=1S/C26H40N4O6/c1-6-7-14-28-23(33)22(17-8-12-20(31)16(2)15-17)30(18-9-10-18)24(34)19(11-13-21(27)32)29-25(35)36-26(3,4)5/h8,12,15,18-19,22,31H,6-7,9-11,13-14H2,1-5H3,(H2,27,32)(H,28,33)(H,29,35). The molecule has 200 valence electrons. The van der Waals surface area contributed by atoms with Crippen molar-refractivity contribution in [3.05, 3.63) is 29.3 Å². The van der Waals surface area contributed by atoms with E-state index in [0.717, 1.165) is 12.8 Å². The first kappa shape index (κ1) is 28.9. The fourth-order valence-electron chi connectivity index (χ4n) is 3.82. The average Bonchev–Trinajstić information content (AvgIpc) is 3.60. The van der Waals surface area contributed by atoms with Gasteiger partial charge in [-0.15, -0.1) is 0 Å². The maximum atomic E-state index is 13.9. The summed E-state index contributed by atoms with van der Waals surface area (Å²) in [6.45, 7) is 9.29. The number of aromatic hydroxyl groups is 1. The fourth-order valence-corrected chi connectivity index (χ4v) is 3.82. The Morgan fingerprint density at radius 1 is 1.22 bits per heavy atom. The lowest BCUT2D eigenvalue weighted by Gasteiger charge is -2.35. The van der Waals surface area contributed by atoms with Gasteiger partial charge in [0.25, 0.3) is 0 Å². The topological polar surface area (TPSA) is 151 Å². The number of carbonyl (C=O) groups excluding carboxylic acids is 4. The first-order valence-electron chi connectivity index (χ1n) is 12.5. The van der Waals surface area contributed by atoms with Crippen LogP contribution in [0.1, 0.15) is 83.4 Å². The van der Waals surface area contributed by atoms with Crippen LogP contribution < -0.4 is 16.4 Å². The number of nitrogens with zero attached hydrogens (tertiary/aromatic N) is 1. The van der Waals surface area contributed by atoms with Crippen LogP contribution in [0, 0.1) is 6.92 Å². The number of unbranched alkanes of at least 4 members (excludes halogenated alkanes) is 1. The van der Waals surface area contributed by atoms with Crippen LogP contribution in [-0.2, 0) is 19.1 Å². The molecule has 2 unspecified atom stereocenters. The molecule has 0 radical (unpaired) electrons. The number of primary amides is 1. The molecule has 4 amide bonds. The molecule has 10 nitrogen and oxygen atoms in total. The van der Waals surface area contributed by atoms with Crippen LogP contribution >= 0.6 is 0 Å². The van der Waals surface area contributed by atoms with Gasteiger partial charge in [0.2, 0.25) is 17.7 Å². The van der Waals surface area contributed by atoms with Gasteiger partial charge in [-0.25, -0.2) is 4.79 Å². The van der Waals surface area contributed by atoms with E-state index in [9.17, 15) is 24.3 Å². The van der Waals surface area contributed by atoms with E-state index >= 15 is 0 Å². The van der Waals surface area contributed by atoms with Crippen LogP contribution in [0.15, 0.2) is 18.2 Å². The molecule has 0 spiro atoms. The van der Waals surface area contributed by atoms with Gasteiger partial charge >= 0.3 is 6.09 Å². The Hall–Kier alpha value is -3.30. The SMILES string of the molecule is CCCCNC(=O)C(c1ccc(O)c(C)c1)N(C(=O)C(CCC(N)=O)NC(=O)OC(C)(C)C)C1CC1. The minimum absolute atomic E-state index is 0.0323. The van der Waals surface area contributed by atoms with Crippen LogP contribution in [0.5, 0.6) is 5.75 Å². The third-order valence-electron chi connectivity index (χ3n) is 5.76. The first-order valence-corrected chi connectivity index (χ1v) is 12.5. The van der Waals surface area contributed by atoms with Crippen molar-refractivity contribution in [2.75, 3.05) is 6.54 Å². The largest absolute Gasteiger partial charge is 0.508 e. The summed E-state index contributed by atoms with van der Waals surface area (Å²) >= 11 is 0. The molecule has 1 aliphatic rings. The zero-order valence-electron chi connectivity index (χ0n) is 21.9. The van der Waals surface area contributed by atoms with Gasteiger partial charge in [0, 0.05) is 19.0 Å². The summed E-state index contributed by atoms with van der Waals surface area (Å²) in [6, 6.07) is 2.51. The van der Waals surface area contributed by atoms with E-state index in [1.54, 1.807) is 39.8 Å². The summed E-state index contributed by atoms with van der Waals surface area (Å²) in [4.78, 5) is 52.9. The molecule has 0 bridgehead atoms. The molecule has 0 saturated heterocycles. The van der Waals surface area contributed by atoms with E-state index in [1.165, 1.54) is 11.0 Å². The number of amides is 4. The minimum Gasteiger partial charge on any atom is -0.508 e. The molecular weight excluding hydrogens is 464 g/mol. The van der Waals surface area contributed by atoms with Crippen molar-refractivity contribution in [2.24, 2.45) is 5.73 Å². The van der Waals surface area contributed by atoms with Gasteiger partial charge < -0.3 is 31.1 Å². The summed E-state index contributed by atoms with van der Waals surface area (Å²) in [5.41, 5.74) is 5.65. The molecule has 1 fully saturated rings. The number of phenolic OH excluding ortho intramolecular Hbond substituents is 1. The molecule has 2 rings (SSSR count). The summed E-state index contributed by atoms with van der Waals surface area (Å²) in [5, 5.41) is 15.5. The predicted molar refractivity (Wildman–Crippen MR) is 135 cm³/mol. The summed E-state index contributed by atoms with van der Waals surface area (Å²) in [7, 11) is 0. The molecule has 1 aromatic carbocycles. The number of benzene rings is 1. The molecule has 0 heterocycles. The quantitative estimate of drug-likeness (QED) is 0.321. The summed E-state index contributed by atoms with van der Waals surface area (Å²) in [5.74, 6) is -1.37. The van der Waals surface area contributed by atoms with Crippen molar-refractivity contribution < 1.29 is 29.0 Å². The highest BCUT2D eigenvalue weighted by atomic mass is 16.6. The molecular formula is C26H40N4O6. The van der Waals surface area contributed by atoms with Crippen LogP contribution in [0.3, 0.4) is 0 Å². The van der Waals surface area contributed by atoms with Gasteiger partial charge in [-0.3, -0.25) is 14.4 Å². The number of nitrogens with one attached hydrogen (secondary N) is 2. The van der Waals surface area contributed by atoms with Gasteiger partial charge in [-0.1, -0.05) is 19.4 Å². The van der Waals surface area contributed by atoms with E-state index in [4.69, 9.17) is 10.5 Å². The summed E-state index contributed by atoms with van der Waals surface area (Å²) < 4.78 is 5.32. The molecule has 2 atom stereocenters. The summed E-state index contributed by atoms with van der Waals surface area (Å²) in [6.07, 6.45) is 2.12. The van der Waals surface area contributed by atoms with Crippen LogP contribution in [-0.4, -0.2) is 58.1 Å². The molecule has 10 heteroatoms. The van der Waals surface area contributed by atoms with E-state index in [0.29, 0.717) is 30.5 Å². The first-order chi connectivity index (χ1) is 16.8. The second kappa shape index (κ2) is 12.6. The number of rotatable bonds is 12. The zero-order valence-corrected chi connectivity index (χ0v) is 21.9. The van der Waals surface area contributed by atoms with Gasteiger partial charge in [-0.05, 0) is 76.6 Å². The zero-order chi connectivity index (χ0) is 27.0. The Morgan fingerprint density at radius 2 is 1.89 bits per heavy atom. The lowest BCUT2D eigenvalue weighted by atomic mass is 9.99. The molecule has 0 aromatic heterocycles. The highest BCUT2D eigenvalue weighted by Gasteiger charge is 2.44. The second-order valence-electron chi connectivity index (χ2n) is 10.3. The monoisotopic (exact) mass is 504 g/mol. The van der Waals surface area contributed by atoms with Crippen molar-refractivity contribution in [1.82, 2.24) is 15.5 Å². The Balaban J connectivity index is 2.44. The third-order valence-corrected chi connectivity index (χ3v) is 5.76. The number of hydrogen-bond donors (Lipinski definition) is 4. The van der Waals surface area contributed by atoms with Crippen molar-refractivity contribution in [1.29, 1.82) is 0 Å². The predicted octanol–water partition coefficient (Wildman–Crippen LogP) is 2.81. The molecule has 1 aromatic rings. The number of hydrogen-bond acceptors (Lipinski definition) is 6.